The lowest BCUT2D eigenvalue weighted by molar-refractivity contribution is 0.253. The van der Waals surface area contributed by atoms with Gasteiger partial charge in [0.25, 0.3) is 0 Å². The standard InChI is InChI=1S/C50H39NO2.6CH4/c1-2-3-28-51(31-37-22-14-26-41-45-39-24-12-10-20-35(39)29-43(49(45)52-47(37)41)33-16-6-4-7-17-33)32-38-23-15-27-42-46-40-25-13-11-21-36(40)30-44(50(46)53-48(38)42)34-18-8-5-9-19-34;;;;;;/h4-27,29-30H,2-3,28,31-32H2,1H3;6*1H4. The molecule has 0 saturated heterocycles. The summed E-state index contributed by atoms with van der Waals surface area (Å²) in [4.78, 5) is 2.57. The molecule has 0 amide bonds. The number of hydrogen-bond donors (Lipinski definition) is 0. The Morgan fingerprint density at radius 2 is 0.797 bits per heavy atom. The SMILES string of the molecule is C.C.C.C.C.C.CCCCN(Cc1cccc2c1oc1c(-c3ccccc3)cc3ccccc3c12)Cc1cccc2c1oc1c(-c3ccccc3)cc3ccccc3c12. The zero-order chi connectivity index (χ0) is 35.3. The van der Waals surface area contributed by atoms with E-state index in [9.17, 15) is 0 Å². The molecule has 0 radical (unpaired) electrons. The number of rotatable bonds is 9. The van der Waals surface area contributed by atoms with E-state index in [2.05, 4.69) is 170 Å². The Morgan fingerprint density at radius 1 is 0.407 bits per heavy atom. The van der Waals surface area contributed by atoms with Crippen LogP contribution in [-0.4, -0.2) is 11.4 Å². The average Bonchev–Trinajstić information content (AvgIpc) is 3.81. The first-order valence-electron chi connectivity index (χ1n) is 18.8. The van der Waals surface area contributed by atoms with Crippen LogP contribution in [0, 0.1) is 0 Å². The first kappa shape index (κ1) is 45.5. The second-order valence-electron chi connectivity index (χ2n) is 14.3. The molecule has 3 heteroatoms. The third kappa shape index (κ3) is 7.88. The van der Waals surface area contributed by atoms with Crippen LogP contribution < -0.4 is 0 Å². The Labute approximate surface area is 352 Å². The number of hydrogen-bond acceptors (Lipinski definition) is 3. The molecular formula is C56H63NO2. The molecule has 304 valence electrons. The summed E-state index contributed by atoms with van der Waals surface area (Å²) in [6.07, 6.45) is 2.23. The molecule has 0 spiro atoms. The summed E-state index contributed by atoms with van der Waals surface area (Å²) in [6.45, 7) is 4.78. The number of benzene rings is 8. The van der Waals surface area contributed by atoms with E-state index < -0.39 is 0 Å². The highest BCUT2D eigenvalue weighted by Crippen LogP contribution is 2.44. The summed E-state index contributed by atoms with van der Waals surface area (Å²) in [5.74, 6) is 0. The van der Waals surface area contributed by atoms with Crippen molar-refractivity contribution in [3.05, 3.63) is 169 Å². The quantitative estimate of drug-likeness (QED) is 0.146. The van der Waals surface area contributed by atoms with E-state index >= 15 is 0 Å². The Morgan fingerprint density at radius 3 is 1.22 bits per heavy atom. The maximum Gasteiger partial charge on any atom is 0.143 e. The summed E-state index contributed by atoms with van der Waals surface area (Å²) in [6, 6.07) is 56.5. The van der Waals surface area contributed by atoms with Gasteiger partial charge in [-0.3, -0.25) is 4.90 Å². The van der Waals surface area contributed by atoms with Crippen LogP contribution in [0.25, 0.3) is 87.7 Å². The number of nitrogens with zero attached hydrogens (tertiary/aromatic N) is 1. The first-order chi connectivity index (χ1) is 26.2. The maximum atomic E-state index is 6.99. The summed E-state index contributed by atoms with van der Waals surface area (Å²) in [5, 5.41) is 9.60. The summed E-state index contributed by atoms with van der Waals surface area (Å²) in [7, 11) is 0. The second kappa shape index (κ2) is 19.1. The minimum absolute atomic E-state index is 0. The molecule has 0 fully saturated rings. The lowest BCUT2D eigenvalue weighted by atomic mass is 9.96. The Balaban J connectivity index is 0.00000128. The van der Waals surface area contributed by atoms with Crippen LogP contribution in [0.5, 0.6) is 0 Å². The van der Waals surface area contributed by atoms with E-state index in [1.807, 2.05) is 0 Å². The molecule has 8 aromatic carbocycles. The molecule has 0 N–H and O–H groups in total. The fraction of sp³-hybridized carbons (Fsp3) is 0.214. The van der Waals surface area contributed by atoms with Gasteiger partial charge in [-0.15, -0.1) is 0 Å². The van der Waals surface area contributed by atoms with Crippen molar-refractivity contribution in [3.63, 3.8) is 0 Å². The van der Waals surface area contributed by atoms with Gasteiger partial charge in [0.05, 0.1) is 0 Å². The van der Waals surface area contributed by atoms with E-state index in [0.29, 0.717) is 0 Å². The predicted octanol–water partition coefficient (Wildman–Crippen LogP) is 17.7. The number of unbranched alkanes of at least 4 members (excludes halogenated alkanes) is 1. The van der Waals surface area contributed by atoms with Crippen molar-refractivity contribution in [1.82, 2.24) is 4.90 Å². The van der Waals surface area contributed by atoms with Gasteiger partial charge in [0.2, 0.25) is 0 Å². The topological polar surface area (TPSA) is 29.5 Å². The monoisotopic (exact) mass is 781 g/mol. The molecular weight excluding hydrogens is 719 g/mol. The van der Waals surface area contributed by atoms with Gasteiger partial charge in [-0.05, 0) is 57.8 Å². The highest BCUT2D eigenvalue weighted by molar-refractivity contribution is 6.24. The van der Waals surface area contributed by atoms with Crippen LogP contribution in [-0.2, 0) is 13.1 Å². The van der Waals surface area contributed by atoms with Gasteiger partial charge in [-0.2, -0.15) is 0 Å². The molecule has 10 rings (SSSR count). The van der Waals surface area contributed by atoms with Crippen LogP contribution in [0.3, 0.4) is 0 Å². The van der Waals surface area contributed by atoms with Gasteiger partial charge in [-0.25, -0.2) is 0 Å². The van der Waals surface area contributed by atoms with Crippen LogP contribution in [0.2, 0.25) is 0 Å². The normalized spacial score (nSPS) is 10.8. The largest absolute Gasteiger partial charge is 0.455 e. The van der Waals surface area contributed by atoms with Crippen molar-refractivity contribution in [2.75, 3.05) is 6.54 Å². The van der Waals surface area contributed by atoms with Crippen molar-refractivity contribution in [1.29, 1.82) is 0 Å². The van der Waals surface area contributed by atoms with Crippen LogP contribution >= 0.6 is 0 Å². The molecule has 10 aromatic rings. The van der Waals surface area contributed by atoms with Gasteiger partial charge in [0, 0.05) is 56.9 Å². The third-order valence-corrected chi connectivity index (χ3v) is 10.9. The van der Waals surface area contributed by atoms with E-state index in [-0.39, 0.29) is 44.6 Å². The zero-order valence-electron chi connectivity index (χ0n) is 29.8. The Hall–Kier alpha value is -6.16. The van der Waals surface area contributed by atoms with Crippen LogP contribution in [0.4, 0.5) is 0 Å². The number of para-hydroxylation sites is 2. The number of fused-ring (bicyclic) bond motifs is 10. The molecule has 0 aliphatic heterocycles. The average molecular weight is 782 g/mol. The Bertz CT molecular complexity index is 2740. The van der Waals surface area contributed by atoms with E-state index in [1.165, 1.54) is 54.2 Å². The highest BCUT2D eigenvalue weighted by Gasteiger charge is 2.22. The third-order valence-electron chi connectivity index (χ3n) is 10.9. The first-order valence-corrected chi connectivity index (χ1v) is 18.8. The molecule has 0 unspecified atom stereocenters. The summed E-state index contributed by atoms with van der Waals surface area (Å²) in [5.41, 5.74) is 10.8. The van der Waals surface area contributed by atoms with Crippen molar-refractivity contribution in [3.8, 4) is 22.3 Å². The smallest absolute Gasteiger partial charge is 0.143 e. The zero-order valence-corrected chi connectivity index (χ0v) is 29.8. The predicted molar refractivity (Wildman–Crippen MR) is 263 cm³/mol. The van der Waals surface area contributed by atoms with Crippen molar-refractivity contribution < 1.29 is 8.83 Å². The van der Waals surface area contributed by atoms with Gasteiger partial charge in [0.15, 0.2) is 0 Å². The fourth-order valence-electron chi connectivity index (χ4n) is 8.40. The van der Waals surface area contributed by atoms with Crippen LogP contribution in [0.1, 0.15) is 75.5 Å². The van der Waals surface area contributed by atoms with Gasteiger partial charge in [0.1, 0.15) is 22.3 Å². The lowest BCUT2D eigenvalue weighted by Crippen LogP contribution is -2.24. The summed E-state index contributed by atoms with van der Waals surface area (Å²) >= 11 is 0. The fourth-order valence-corrected chi connectivity index (χ4v) is 8.40. The Kier molecular flexibility index (Phi) is 14.7. The molecule has 0 aliphatic rings. The summed E-state index contributed by atoms with van der Waals surface area (Å²) < 4.78 is 14.0. The maximum absolute atomic E-state index is 6.99. The van der Waals surface area contributed by atoms with E-state index in [4.69, 9.17) is 8.83 Å². The molecule has 0 saturated carbocycles. The lowest BCUT2D eigenvalue weighted by Gasteiger charge is -2.22. The van der Waals surface area contributed by atoms with Crippen molar-refractivity contribution in [2.24, 2.45) is 0 Å². The molecule has 2 aromatic heterocycles. The van der Waals surface area contributed by atoms with Crippen molar-refractivity contribution >= 4 is 65.4 Å². The molecule has 3 nitrogen and oxygen atoms in total. The van der Waals surface area contributed by atoms with E-state index in [1.54, 1.807) is 0 Å². The second-order valence-corrected chi connectivity index (χ2v) is 14.3. The van der Waals surface area contributed by atoms with Gasteiger partial charge >= 0.3 is 0 Å². The number of furan rings is 2. The minimum Gasteiger partial charge on any atom is -0.455 e. The minimum atomic E-state index is 0. The highest BCUT2D eigenvalue weighted by atomic mass is 16.3. The van der Waals surface area contributed by atoms with E-state index in [0.717, 1.165) is 77.1 Å². The van der Waals surface area contributed by atoms with Gasteiger partial charge in [-0.1, -0.05) is 203 Å². The van der Waals surface area contributed by atoms with Crippen molar-refractivity contribution in [2.45, 2.75) is 77.4 Å². The molecule has 0 aliphatic carbocycles. The molecule has 0 bridgehead atoms. The van der Waals surface area contributed by atoms with Gasteiger partial charge < -0.3 is 8.83 Å². The molecule has 59 heavy (non-hydrogen) atoms. The van der Waals surface area contributed by atoms with Crippen LogP contribution in [0.15, 0.2) is 167 Å². The molecule has 0 atom stereocenters. The molecule has 2 heterocycles.